The Kier molecular flexibility index (Phi) is 3.63. The lowest BCUT2D eigenvalue weighted by Crippen LogP contribution is -2.51. The lowest BCUT2D eigenvalue weighted by molar-refractivity contribution is -0.0447. The first-order valence-electron chi connectivity index (χ1n) is 9.41. The third-order valence-corrected chi connectivity index (χ3v) is 5.88. The van der Waals surface area contributed by atoms with Crippen LogP contribution in [0, 0.1) is 0 Å². The molecule has 5 nitrogen and oxygen atoms in total. The zero-order chi connectivity index (χ0) is 16.8. The van der Waals surface area contributed by atoms with Crippen LogP contribution in [0.1, 0.15) is 47.4 Å². The Morgan fingerprint density at radius 3 is 2.88 bits per heavy atom. The summed E-state index contributed by atoms with van der Waals surface area (Å²) in [5.74, 6) is 0.105. The highest BCUT2D eigenvalue weighted by molar-refractivity contribution is 5.94. The summed E-state index contributed by atoms with van der Waals surface area (Å²) in [6, 6.07) is 10.4. The highest BCUT2D eigenvalue weighted by Gasteiger charge is 2.40. The van der Waals surface area contributed by atoms with Gasteiger partial charge in [0, 0.05) is 17.8 Å². The van der Waals surface area contributed by atoms with Crippen molar-refractivity contribution in [2.24, 2.45) is 0 Å². The molecule has 1 aromatic heterocycles. The van der Waals surface area contributed by atoms with Crippen LogP contribution in [-0.4, -0.2) is 45.9 Å². The number of ether oxygens (including phenoxy) is 1. The second-order valence-electron chi connectivity index (χ2n) is 7.28. The van der Waals surface area contributed by atoms with Gasteiger partial charge in [0.2, 0.25) is 0 Å². The van der Waals surface area contributed by atoms with Crippen molar-refractivity contribution in [2.75, 3.05) is 13.2 Å². The van der Waals surface area contributed by atoms with Gasteiger partial charge in [-0.1, -0.05) is 18.2 Å². The van der Waals surface area contributed by atoms with E-state index in [-0.39, 0.29) is 18.1 Å². The lowest BCUT2D eigenvalue weighted by Gasteiger charge is -2.37. The zero-order valence-electron chi connectivity index (χ0n) is 14.4. The van der Waals surface area contributed by atoms with Gasteiger partial charge in [0.05, 0.1) is 24.4 Å². The second kappa shape index (κ2) is 5.99. The number of carbonyl (C=O) groups excluding carboxylic acids is 1. The third-order valence-electron chi connectivity index (χ3n) is 5.88. The Hall–Kier alpha value is -2.14. The number of nitrogens with zero attached hydrogens (tertiary/aromatic N) is 3. The van der Waals surface area contributed by atoms with Crippen molar-refractivity contribution in [3.05, 3.63) is 47.3 Å². The molecule has 1 aromatic carbocycles. The molecule has 2 aliphatic carbocycles. The summed E-state index contributed by atoms with van der Waals surface area (Å²) < 4.78 is 7.85. The molecule has 5 heteroatoms. The lowest BCUT2D eigenvalue weighted by atomic mass is 10.1. The van der Waals surface area contributed by atoms with Gasteiger partial charge in [-0.25, -0.2) is 4.68 Å². The van der Waals surface area contributed by atoms with Gasteiger partial charge in [0.15, 0.2) is 5.69 Å². The summed E-state index contributed by atoms with van der Waals surface area (Å²) in [6.07, 6.45) is 6.57. The van der Waals surface area contributed by atoms with Gasteiger partial charge in [0.25, 0.3) is 5.91 Å². The number of morpholine rings is 1. The molecular weight excluding hydrogens is 314 g/mol. The first kappa shape index (κ1) is 15.1. The summed E-state index contributed by atoms with van der Waals surface area (Å²) in [7, 11) is 0. The molecule has 2 heterocycles. The Morgan fingerprint density at radius 2 is 2.00 bits per heavy atom. The molecule has 0 radical (unpaired) electrons. The molecule has 5 rings (SSSR count). The van der Waals surface area contributed by atoms with Gasteiger partial charge < -0.3 is 9.64 Å². The summed E-state index contributed by atoms with van der Waals surface area (Å²) in [6.45, 7) is 1.33. The van der Waals surface area contributed by atoms with E-state index in [1.165, 1.54) is 5.69 Å². The normalized spacial score (nSPS) is 25.0. The largest absolute Gasteiger partial charge is 0.374 e. The highest BCUT2D eigenvalue weighted by Crippen LogP contribution is 2.33. The quantitative estimate of drug-likeness (QED) is 0.846. The number of rotatable bonds is 2. The smallest absolute Gasteiger partial charge is 0.275 e. The number of benzene rings is 1. The minimum atomic E-state index is 0.105. The Labute approximate surface area is 147 Å². The van der Waals surface area contributed by atoms with Crippen LogP contribution in [0.2, 0.25) is 0 Å². The molecule has 0 spiro atoms. The van der Waals surface area contributed by atoms with Gasteiger partial charge in [-0.05, 0) is 50.7 Å². The predicted octanol–water partition coefficient (Wildman–Crippen LogP) is 2.75. The van der Waals surface area contributed by atoms with Crippen molar-refractivity contribution >= 4 is 5.91 Å². The monoisotopic (exact) mass is 337 g/mol. The minimum Gasteiger partial charge on any atom is -0.374 e. The average molecular weight is 337 g/mol. The van der Waals surface area contributed by atoms with Crippen molar-refractivity contribution in [1.82, 2.24) is 14.7 Å². The van der Waals surface area contributed by atoms with Crippen LogP contribution in [0.5, 0.6) is 0 Å². The summed E-state index contributed by atoms with van der Waals surface area (Å²) in [5, 5.41) is 4.78. The van der Waals surface area contributed by atoms with E-state index >= 15 is 0 Å². The fraction of sp³-hybridized carbons (Fsp3) is 0.500. The van der Waals surface area contributed by atoms with Crippen LogP contribution in [0.3, 0.4) is 0 Å². The van der Waals surface area contributed by atoms with E-state index in [1.807, 2.05) is 27.8 Å². The number of carbonyl (C=O) groups is 1. The van der Waals surface area contributed by atoms with Crippen LogP contribution < -0.4 is 0 Å². The van der Waals surface area contributed by atoms with Gasteiger partial charge >= 0.3 is 0 Å². The zero-order valence-corrected chi connectivity index (χ0v) is 14.4. The van der Waals surface area contributed by atoms with Gasteiger partial charge in [-0.3, -0.25) is 4.79 Å². The number of aromatic nitrogens is 2. The maximum absolute atomic E-state index is 13.3. The highest BCUT2D eigenvalue weighted by atomic mass is 16.5. The summed E-state index contributed by atoms with van der Waals surface area (Å²) in [4.78, 5) is 15.4. The van der Waals surface area contributed by atoms with E-state index < -0.39 is 0 Å². The van der Waals surface area contributed by atoms with E-state index in [4.69, 9.17) is 9.84 Å². The van der Waals surface area contributed by atoms with E-state index in [1.54, 1.807) is 0 Å². The topological polar surface area (TPSA) is 47.4 Å². The van der Waals surface area contributed by atoms with Crippen molar-refractivity contribution in [3.63, 3.8) is 0 Å². The standard InChI is InChI=1S/C20H23N3O2/c24-20(22-12-13-25-18-11-5-10-17(18)22)19-15-8-4-9-16(15)23(21-19)14-6-2-1-3-7-14/h1-3,6-7,17-18H,4-5,8-13H2/t17-,18+/m0/s1. The predicted molar refractivity (Wildman–Crippen MR) is 94.0 cm³/mol. The van der Waals surface area contributed by atoms with Crippen LogP contribution in [0.4, 0.5) is 0 Å². The second-order valence-corrected chi connectivity index (χ2v) is 7.28. The molecule has 2 atom stereocenters. The first-order chi connectivity index (χ1) is 12.3. The molecular formula is C20H23N3O2. The van der Waals surface area contributed by atoms with Gasteiger partial charge in [0.1, 0.15) is 0 Å². The molecule has 0 bridgehead atoms. The van der Waals surface area contributed by atoms with Crippen LogP contribution >= 0.6 is 0 Å². The molecule has 2 aromatic rings. The van der Waals surface area contributed by atoms with Crippen LogP contribution in [0.15, 0.2) is 30.3 Å². The number of hydrogen-bond acceptors (Lipinski definition) is 3. The molecule has 3 aliphatic rings. The first-order valence-corrected chi connectivity index (χ1v) is 9.41. The van der Waals surface area contributed by atoms with Gasteiger partial charge in [-0.15, -0.1) is 0 Å². The molecule has 1 amide bonds. The summed E-state index contributed by atoms with van der Waals surface area (Å²) in [5.41, 5.74) is 4.09. The van der Waals surface area contributed by atoms with E-state index in [0.29, 0.717) is 18.8 Å². The summed E-state index contributed by atoms with van der Waals surface area (Å²) >= 11 is 0. The molecule has 25 heavy (non-hydrogen) atoms. The van der Waals surface area contributed by atoms with Crippen molar-refractivity contribution in [3.8, 4) is 5.69 Å². The van der Waals surface area contributed by atoms with Crippen LogP contribution in [-0.2, 0) is 17.6 Å². The van der Waals surface area contributed by atoms with Crippen molar-refractivity contribution < 1.29 is 9.53 Å². The van der Waals surface area contributed by atoms with Crippen molar-refractivity contribution in [2.45, 2.75) is 50.7 Å². The third kappa shape index (κ3) is 2.41. The van der Waals surface area contributed by atoms with Crippen LogP contribution in [0.25, 0.3) is 5.69 Å². The fourth-order valence-corrected chi connectivity index (χ4v) is 4.71. The van der Waals surface area contributed by atoms with Gasteiger partial charge in [-0.2, -0.15) is 5.10 Å². The molecule has 1 saturated heterocycles. The van der Waals surface area contributed by atoms with E-state index in [9.17, 15) is 4.79 Å². The maximum atomic E-state index is 13.3. The Bertz CT molecular complexity index is 799. The average Bonchev–Trinajstić information content (AvgIpc) is 3.37. The number of fused-ring (bicyclic) bond motifs is 2. The molecule has 0 N–H and O–H groups in total. The van der Waals surface area contributed by atoms with E-state index in [2.05, 4.69) is 12.1 Å². The molecule has 0 unspecified atom stereocenters. The number of para-hydroxylation sites is 1. The van der Waals surface area contributed by atoms with Crippen molar-refractivity contribution in [1.29, 1.82) is 0 Å². The molecule has 2 fully saturated rings. The molecule has 1 saturated carbocycles. The fourth-order valence-electron chi connectivity index (χ4n) is 4.71. The Morgan fingerprint density at radius 1 is 1.12 bits per heavy atom. The SMILES string of the molecule is O=C(c1nn(-c2ccccc2)c2c1CCC2)N1CCO[C@@H]2CCC[C@@H]21. The molecule has 1 aliphatic heterocycles. The number of amides is 1. The Balaban J connectivity index is 1.53. The number of hydrogen-bond donors (Lipinski definition) is 0. The van der Waals surface area contributed by atoms with E-state index in [0.717, 1.165) is 49.8 Å². The maximum Gasteiger partial charge on any atom is 0.275 e. The molecule has 130 valence electrons. The minimum absolute atomic E-state index is 0.105.